The molecule has 0 saturated carbocycles. The molecule has 30 heavy (non-hydrogen) atoms. The van der Waals surface area contributed by atoms with E-state index in [9.17, 15) is 9.59 Å². The molecular formula is C23H24BrN3O2S. The minimum Gasteiger partial charge on any atom is -0.342 e. The maximum atomic E-state index is 13.5. The lowest BCUT2D eigenvalue weighted by Gasteiger charge is -2.27. The molecule has 1 unspecified atom stereocenters. The van der Waals surface area contributed by atoms with E-state index in [1.165, 1.54) is 18.2 Å². The van der Waals surface area contributed by atoms with Crippen LogP contribution in [-0.4, -0.2) is 39.2 Å². The molecule has 5 nitrogen and oxygen atoms in total. The second-order valence-electron chi connectivity index (χ2n) is 7.55. The topological polar surface area (TPSA) is 55.2 Å². The second-order valence-corrected chi connectivity index (χ2v) is 9.41. The van der Waals surface area contributed by atoms with Crippen LogP contribution in [0.3, 0.4) is 0 Å². The molecule has 2 heterocycles. The number of benzene rings is 2. The van der Waals surface area contributed by atoms with Crippen LogP contribution in [0.1, 0.15) is 37.8 Å². The Bertz CT molecular complexity index is 1110. The quantitative estimate of drug-likeness (QED) is 0.381. The number of carbonyl (C=O) groups excluding carboxylic acids is 1. The van der Waals surface area contributed by atoms with Crippen molar-refractivity contribution in [3.05, 3.63) is 68.9 Å². The van der Waals surface area contributed by atoms with Crippen LogP contribution in [0.25, 0.3) is 10.9 Å². The highest BCUT2D eigenvalue weighted by molar-refractivity contribution is 9.10. The van der Waals surface area contributed by atoms with Gasteiger partial charge in [-0.25, -0.2) is 4.98 Å². The number of hydrogen-bond donors (Lipinski definition) is 0. The standard InChI is InChI=1S/C23H24BrN3O2S/c1-16(17-8-4-2-5-9-17)27-22(29)19-14-18(24)10-11-20(19)25-23(27)30-15-21(28)26-12-6-3-7-13-26/h2,4-5,8-11,14,16H,3,6-7,12-13,15H2,1H3. The van der Waals surface area contributed by atoms with Gasteiger partial charge in [0.2, 0.25) is 5.91 Å². The van der Waals surface area contributed by atoms with Gasteiger partial charge in [0.15, 0.2) is 5.16 Å². The molecule has 4 rings (SSSR count). The third kappa shape index (κ3) is 4.47. The van der Waals surface area contributed by atoms with E-state index in [0.717, 1.165) is 36.0 Å². The van der Waals surface area contributed by atoms with Gasteiger partial charge in [-0.3, -0.25) is 14.2 Å². The summed E-state index contributed by atoms with van der Waals surface area (Å²) in [6.07, 6.45) is 3.32. The van der Waals surface area contributed by atoms with Gasteiger partial charge in [-0.15, -0.1) is 0 Å². The highest BCUT2D eigenvalue weighted by atomic mass is 79.9. The first-order valence-electron chi connectivity index (χ1n) is 10.2. The molecule has 1 atom stereocenters. The number of halogens is 1. The molecule has 0 aliphatic carbocycles. The maximum Gasteiger partial charge on any atom is 0.262 e. The van der Waals surface area contributed by atoms with E-state index in [2.05, 4.69) is 15.9 Å². The SMILES string of the molecule is CC(c1ccccc1)n1c(SCC(=O)N2CCCCC2)nc2ccc(Br)cc2c1=O. The summed E-state index contributed by atoms with van der Waals surface area (Å²) in [7, 11) is 0. The number of likely N-dealkylation sites (tertiary alicyclic amines) is 1. The Labute approximate surface area is 188 Å². The molecule has 156 valence electrons. The van der Waals surface area contributed by atoms with Crippen molar-refractivity contribution in [2.24, 2.45) is 0 Å². The number of thioether (sulfide) groups is 1. The minimum absolute atomic E-state index is 0.0921. The van der Waals surface area contributed by atoms with E-state index in [0.29, 0.717) is 16.1 Å². The van der Waals surface area contributed by atoms with Gasteiger partial charge in [-0.05, 0) is 49.9 Å². The summed E-state index contributed by atoms with van der Waals surface area (Å²) in [4.78, 5) is 32.9. The molecule has 1 saturated heterocycles. The first-order chi connectivity index (χ1) is 14.5. The second kappa shape index (κ2) is 9.35. The summed E-state index contributed by atoms with van der Waals surface area (Å²) in [6.45, 7) is 3.65. The van der Waals surface area contributed by atoms with E-state index in [1.807, 2.05) is 60.4 Å². The molecule has 1 aliphatic heterocycles. The number of aromatic nitrogens is 2. The van der Waals surface area contributed by atoms with Crippen LogP contribution < -0.4 is 5.56 Å². The third-order valence-electron chi connectivity index (χ3n) is 5.53. The van der Waals surface area contributed by atoms with Crippen molar-refractivity contribution >= 4 is 44.5 Å². The van der Waals surface area contributed by atoms with Crippen molar-refractivity contribution in [1.29, 1.82) is 0 Å². The number of piperidine rings is 1. The summed E-state index contributed by atoms with van der Waals surface area (Å²) in [5.74, 6) is 0.402. The lowest BCUT2D eigenvalue weighted by molar-refractivity contribution is -0.129. The average Bonchev–Trinajstić information content (AvgIpc) is 2.79. The number of hydrogen-bond acceptors (Lipinski definition) is 4. The van der Waals surface area contributed by atoms with Gasteiger partial charge in [-0.1, -0.05) is 58.0 Å². The Balaban J connectivity index is 1.72. The van der Waals surface area contributed by atoms with Crippen LogP contribution in [0.15, 0.2) is 63.0 Å². The van der Waals surface area contributed by atoms with Crippen LogP contribution in [0.5, 0.6) is 0 Å². The average molecular weight is 486 g/mol. The zero-order chi connectivity index (χ0) is 21.1. The van der Waals surface area contributed by atoms with E-state index in [1.54, 1.807) is 4.57 Å². The fourth-order valence-electron chi connectivity index (χ4n) is 3.84. The number of rotatable bonds is 5. The first-order valence-corrected chi connectivity index (χ1v) is 12.0. The molecule has 7 heteroatoms. The van der Waals surface area contributed by atoms with Crippen molar-refractivity contribution in [1.82, 2.24) is 14.5 Å². The van der Waals surface area contributed by atoms with Crippen molar-refractivity contribution in [3.8, 4) is 0 Å². The van der Waals surface area contributed by atoms with Crippen molar-refractivity contribution in [2.45, 2.75) is 37.4 Å². The zero-order valence-corrected chi connectivity index (χ0v) is 19.3. The highest BCUT2D eigenvalue weighted by Crippen LogP contribution is 2.26. The van der Waals surface area contributed by atoms with Gasteiger partial charge in [-0.2, -0.15) is 0 Å². The Morgan fingerprint density at radius 1 is 1.13 bits per heavy atom. The van der Waals surface area contributed by atoms with Gasteiger partial charge in [0, 0.05) is 17.6 Å². The van der Waals surface area contributed by atoms with Crippen molar-refractivity contribution in [2.75, 3.05) is 18.8 Å². The van der Waals surface area contributed by atoms with Gasteiger partial charge in [0.25, 0.3) is 5.56 Å². The summed E-state index contributed by atoms with van der Waals surface area (Å²) >= 11 is 4.81. The van der Waals surface area contributed by atoms with Gasteiger partial charge in [0.05, 0.1) is 22.7 Å². The summed E-state index contributed by atoms with van der Waals surface area (Å²) in [5.41, 5.74) is 1.58. The Morgan fingerprint density at radius 3 is 2.60 bits per heavy atom. The smallest absolute Gasteiger partial charge is 0.262 e. The molecule has 3 aromatic rings. The van der Waals surface area contributed by atoms with Gasteiger partial charge < -0.3 is 4.90 Å². The van der Waals surface area contributed by atoms with E-state index < -0.39 is 0 Å². The van der Waals surface area contributed by atoms with Crippen LogP contribution in [0.2, 0.25) is 0 Å². The first kappa shape index (κ1) is 21.1. The molecule has 2 aromatic carbocycles. The Kier molecular flexibility index (Phi) is 6.58. The normalized spacial score (nSPS) is 15.3. The fraction of sp³-hybridized carbons (Fsp3) is 0.348. The zero-order valence-electron chi connectivity index (χ0n) is 16.9. The third-order valence-corrected chi connectivity index (χ3v) is 6.96. The van der Waals surface area contributed by atoms with Crippen LogP contribution in [-0.2, 0) is 4.79 Å². The largest absolute Gasteiger partial charge is 0.342 e. The fourth-order valence-corrected chi connectivity index (χ4v) is 5.17. The van der Waals surface area contributed by atoms with Crippen LogP contribution in [0, 0.1) is 0 Å². The predicted molar refractivity (Wildman–Crippen MR) is 125 cm³/mol. The Morgan fingerprint density at radius 2 is 1.87 bits per heavy atom. The summed E-state index contributed by atoms with van der Waals surface area (Å²) < 4.78 is 2.56. The number of nitrogens with zero attached hydrogens (tertiary/aromatic N) is 3. The monoisotopic (exact) mass is 485 g/mol. The molecule has 1 amide bonds. The molecule has 0 bridgehead atoms. The van der Waals surface area contributed by atoms with Crippen molar-refractivity contribution < 1.29 is 4.79 Å². The molecule has 0 spiro atoms. The van der Waals surface area contributed by atoms with E-state index in [-0.39, 0.29) is 23.3 Å². The molecule has 1 fully saturated rings. The van der Waals surface area contributed by atoms with Crippen LogP contribution >= 0.6 is 27.7 Å². The molecule has 0 N–H and O–H groups in total. The maximum absolute atomic E-state index is 13.5. The van der Waals surface area contributed by atoms with E-state index >= 15 is 0 Å². The molecule has 0 radical (unpaired) electrons. The molecular weight excluding hydrogens is 462 g/mol. The lowest BCUT2D eigenvalue weighted by atomic mass is 10.1. The lowest BCUT2D eigenvalue weighted by Crippen LogP contribution is -2.37. The van der Waals surface area contributed by atoms with Crippen molar-refractivity contribution in [3.63, 3.8) is 0 Å². The summed E-state index contributed by atoms with van der Waals surface area (Å²) in [5, 5.41) is 1.15. The summed E-state index contributed by atoms with van der Waals surface area (Å²) in [6, 6.07) is 15.3. The number of fused-ring (bicyclic) bond motifs is 1. The van der Waals surface area contributed by atoms with E-state index in [4.69, 9.17) is 4.98 Å². The number of amides is 1. The minimum atomic E-state index is -0.192. The molecule has 1 aromatic heterocycles. The molecule has 1 aliphatic rings. The predicted octanol–water partition coefficient (Wildman–Crippen LogP) is 4.87. The number of carbonyl (C=O) groups is 1. The highest BCUT2D eigenvalue weighted by Gasteiger charge is 2.21. The van der Waals surface area contributed by atoms with Gasteiger partial charge >= 0.3 is 0 Å². The van der Waals surface area contributed by atoms with Crippen LogP contribution in [0.4, 0.5) is 0 Å². The van der Waals surface area contributed by atoms with Gasteiger partial charge in [0.1, 0.15) is 0 Å². The Hall–Kier alpha value is -2.12.